The maximum atomic E-state index is 12.2. The van der Waals surface area contributed by atoms with Crippen LogP contribution in [0.1, 0.15) is 200 Å². The maximum Gasteiger partial charge on any atom is 0.306 e. The molecule has 0 aromatic carbocycles. The van der Waals surface area contributed by atoms with E-state index in [1.165, 1.54) is 122 Å². The van der Waals surface area contributed by atoms with E-state index in [-0.39, 0.29) is 12.1 Å². The fourth-order valence-corrected chi connectivity index (χ4v) is 5.35. The molecule has 0 aromatic rings. The Morgan fingerprint density at radius 3 is 1.40 bits per heavy atom. The number of carbonyl (C=O) groups is 2. The highest BCUT2D eigenvalue weighted by Crippen LogP contribution is 2.16. The van der Waals surface area contributed by atoms with Gasteiger partial charge in [-0.25, -0.2) is 0 Å². The lowest BCUT2D eigenvalue weighted by Gasteiger charge is -2.16. The molecule has 1 atom stereocenters. The largest absolute Gasteiger partial charge is 0.481 e. The number of unbranched alkanes of at least 4 members (excludes halogenated alkanes) is 22. The Balaban J connectivity index is 3.42. The number of carboxylic acids is 1. The van der Waals surface area contributed by atoms with Crippen molar-refractivity contribution in [2.24, 2.45) is 0 Å². The lowest BCUT2D eigenvalue weighted by Crippen LogP contribution is -2.17. The Kier molecular flexibility index (Phi) is 31.1. The van der Waals surface area contributed by atoms with Crippen molar-refractivity contribution in [3.05, 3.63) is 12.2 Å². The van der Waals surface area contributed by atoms with Gasteiger partial charge in [0.25, 0.3) is 0 Å². The minimum atomic E-state index is -0.685. The van der Waals surface area contributed by atoms with E-state index < -0.39 is 5.97 Å². The molecule has 0 aliphatic carbocycles. The molecule has 0 aliphatic heterocycles. The van der Waals surface area contributed by atoms with E-state index in [1.807, 2.05) is 0 Å². The van der Waals surface area contributed by atoms with Gasteiger partial charge < -0.3 is 9.84 Å². The van der Waals surface area contributed by atoms with Crippen LogP contribution in [-0.4, -0.2) is 23.1 Å². The van der Waals surface area contributed by atoms with Crippen molar-refractivity contribution in [1.29, 1.82) is 0 Å². The quantitative estimate of drug-likeness (QED) is 0.0501. The highest BCUT2D eigenvalue weighted by atomic mass is 16.5. The van der Waals surface area contributed by atoms with Crippen molar-refractivity contribution >= 4 is 11.9 Å². The fourth-order valence-electron chi connectivity index (χ4n) is 5.35. The van der Waals surface area contributed by atoms with Crippen molar-refractivity contribution in [3.8, 4) is 0 Å². The van der Waals surface area contributed by atoms with Gasteiger partial charge in [0.05, 0.1) is 0 Å². The van der Waals surface area contributed by atoms with Crippen LogP contribution in [0.5, 0.6) is 0 Å². The van der Waals surface area contributed by atoms with E-state index in [1.54, 1.807) is 0 Å². The summed E-state index contributed by atoms with van der Waals surface area (Å²) in [6.45, 7) is 4.39. The summed E-state index contributed by atoms with van der Waals surface area (Å²) in [6.07, 6.45) is 38.8. The topological polar surface area (TPSA) is 63.6 Å². The van der Waals surface area contributed by atoms with Crippen LogP contribution in [0.25, 0.3) is 0 Å². The van der Waals surface area contributed by atoms with Gasteiger partial charge in [-0.3, -0.25) is 9.59 Å². The molecule has 0 fully saturated rings. The summed E-state index contributed by atoms with van der Waals surface area (Å²) >= 11 is 0. The number of rotatable bonds is 32. The van der Waals surface area contributed by atoms with Gasteiger partial charge in [-0.2, -0.15) is 0 Å². The van der Waals surface area contributed by atoms with E-state index >= 15 is 0 Å². The summed E-state index contributed by atoms with van der Waals surface area (Å²) in [5.41, 5.74) is 0. The first-order valence-corrected chi connectivity index (χ1v) is 17.7. The minimum absolute atomic E-state index is 0.00534. The zero-order valence-corrected chi connectivity index (χ0v) is 26.9. The molecule has 0 spiro atoms. The number of carbonyl (C=O) groups excluding carboxylic acids is 1. The van der Waals surface area contributed by atoms with Gasteiger partial charge >= 0.3 is 11.9 Å². The predicted octanol–water partition coefficient (Wildman–Crippen LogP) is 11.9. The monoisotopic (exact) mass is 565 g/mol. The van der Waals surface area contributed by atoms with Crippen LogP contribution in [-0.2, 0) is 14.3 Å². The van der Waals surface area contributed by atoms with Gasteiger partial charge in [-0.05, 0) is 57.8 Å². The molecule has 0 aliphatic rings. The number of hydrogen-bond donors (Lipinski definition) is 1. The number of hydrogen-bond acceptors (Lipinski definition) is 3. The molecular formula is C36H68O4. The number of allylic oxidation sites excluding steroid dienone is 2. The normalized spacial score (nSPS) is 12.2. The van der Waals surface area contributed by atoms with E-state index in [0.717, 1.165) is 51.4 Å². The second kappa shape index (κ2) is 32.2. The van der Waals surface area contributed by atoms with Gasteiger partial charge in [0.2, 0.25) is 0 Å². The van der Waals surface area contributed by atoms with Crippen LogP contribution in [0, 0.1) is 0 Å². The molecule has 0 aromatic heterocycles. The third kappa shape index (κ3) is 31.2. The molecule has 0 saturated carbocycles. The standard InChI is InChI=1S/C36H68O4/c1-3-5-6-7-8-9-10-11-12-13-14-15-16-17-18-19-24-27-30-33-36(39)40-34(4-2)31-28-25-22-20-21-23-26-29-32-35(37)38/h11-12,34H,3-10,13-33H2,1-2H3,(H,37,38)/b12-11-. The first-order chi connectivity index (χ1) is 19.6. The van der Waals surface area contributed by atoms with E-state index in [9.17, 15) is 9.59 Å². The van der Waals surface area contributed by atoms with Crippen LogP contribution in [0.3, 0.4) is 0 Å². The van der Waals surface area contributed by atoms with Crippen LogP contribution in [0.15, 0.2) is 12.2 Å². The molecule has 236 valence electrons. The van der Waals surface area contributed by atoms with Crippen molar-refractivity contribution in [2.45, 2.75) is 206 Å². The number of carboxylic acid groups (broad SMARTS) is 1. The van der Waals surface area contributed by atoms with Gasteiger partial charge in [-0.1, -0.05) is 142 Å². The second-order valence-electron chi connectivity index (χ2n) is 12.0. The first-order valence-electron chi connectivity index (χ1n) is 17.7. The Morgan fingerprint density at radius 2 is 0.950 bits per heavy atom. The molecule has 0 radical (unpaired) electrons. The fraction of sp³-hybridized carbons (Fsp3) is 0.889. The van der Waals surface area contributed by atoms with Crippen molar-refractivity contribution in [2.75, 3.05) is 0 Å². The highest BCUT2D eigenvalue weighted by Gasteiger charge is 2.12. The molecule has 1 unspecified atom stereocenters. The second-order valence-corrected chi connectivity index (χ2v) is 12.0. The highest BCUT2D eigenvalue weighted by molar-refractivity contribution is 5.69. The summed E-state index contributed by atoms with van der Waals surface area (Å²) < 4.78 is 5.74. The van der Waals surface area contributed by atoms with Gasteiger partial charge in [0.15, 0.2) is 0 Å². The Morgan fingerprint density at radius 1 is 0.550 bits per heavy atom. The lowest BCUT2D eigenvalue weighted by atomic mass is 10.0. The van der Waals surface area contributed by atoms with E-state index in [0.29, 0.717) is 12.8 Å². The molecular weight excluding hydrogens is 496 g/mol. The summed E-state index contributed by atoms with van der Waals surface area (Å²) in [5, 5.41) is 8.65. The van der Waals surface area contributed by atoms with Crippen molar-refractivity contribution in [3.63, 3.8) is 0 Å². The number of aliphatic carboxylic acids is 1. The van der Waals surface area contributed by atoms with Crippen molar-refractivity contribution < 1.29 is 19.4 Å². The summed E-state index contributed by atoms with van der Waals surface area (Å²) in [6, 6.07) is 0. The predicted molar refractivity (Wildman–Crippen MR) is 172 cm³/mol. The van der Waals surface area contributed by atoms with Gasteiger partial charge in [0.1, 0.15) is 6.10 Å². The van der Waals surface area contributed by atoms with Crippen LogP contribution >= 0.6 is 0 Å². The smallest absolute Gasteiger partial charge is 0.306 e. The minimum Gasteiger partial charge on any atom is -0.481 e. The Bertz CT molecular complexity index is 571. The summed E-state index contributed by atoms with van der Waals surface area (Å²) in [5.74, 6) is -0.690. The van der Waals surface area contributed by atoms with Crippen LogP contribution in [0.4, 0.5) is 0 Å². The molecule has 0 bridgehead atoms. The third-order valence-corrected chi connectivity index (χ3v) is 8.06. The molecule has 0 saturated heterocycles. The van der Waals surface area contributed by atoms with Gasteiger partial charge in [-0.15, -0.1) is 0 Å². The first kappa shape index (κ1) is 38.7. The third-order valence-electron chi connectivity index (χ3n) is 8.06. The zero-order valence-electron chi connectivity index (χ0n) is 26.9. The number of ether oxygens (including phenoxy) is 1. The van der Waals surface area contributed by atoms with Crippen molar-refractivity contribution in [1.82, 2.24) is 0 Å². The van der Waals surface area contributed by atoms with Gasteiger partial charge in [0, 0.05) is 12.8 Å². The average molecular weight is 565 g/mol. The Hall–Kier alpha value is -1.32. The molecule has 4 nitrogen and oxygen atoms in total. The van der Waals surface area contributed by atoms with E-state index in [2.05, 4.69) is 26.0 Å². The molecule has 40 heavy (non-hydrogen) atoms. The molecule has 0 heterocycles. The molecule has 0 rings (SSSR count). The van der Waals surface area contributed by atoms with Crippen LogP contribution in [0.2, 0.25) is 0 Å². The molecule has 0 amide bonds. The summed E-state index contributed by atoms with van der Waals surface area (Å²) in [7, 11) is 0. The summed E-state index contributed by atoms with van der Waals surface area (Å²) in [4.78, 5) is 22.7. The SMILES string of the molecule is CCCCCCCC/C=C\CCCCCCCCCCCC(=O)OC(CC)CCCCCCCCCCC(=O)O. The number of esters is 1. The lowest BCUT2D eigenvalue weighted by molar-refractivity contribution is -0.149. The molecule has 1 N–H and O–H groups in total. The average Bonchev–Trinajstić information content (AvgIpc) is 2.94. The van der Waals surface area contributed by atoms with Crippen LogP contribution < -0.4 is 0 Å². The maximum absolute atomic E-state index is 12.2. The Labute approximate surface area is 249 Å². The van der Waals surface area contributed by atoms with E-state index in [4.69, 9.17) is 9.84 Å². The molecule has 4 heteroatoms. The zero-order chi connectivity index (χ0) is 29.4.